The van der Waals surface area contributed by atoms with Crippen LogP contribution in [0.15, 0.2) is 24.3 Å². The van der Waals surface area contributed by atoms with E-state index >= 15 is 0 Å². The number of fused-ring (bicyclic) bond motifs is 7. The Balaban J connectivity index is 1.37. The number of benzene rings is 1. The molecule has 170 valence electrons. The molecule has 0 unspecified atom stereocenters. The molecule has 7 atom stereocenters. The number of aryl methyl sites for hydroxylation is 1. The van der Waals surface area contributed by atoms with Crippen molar-refractivity contribution in [3.8, 4) is 16.3 Å². The van der Waals surface area contributed by atoms with Crippen molar-refractivity contribution in [3.63, 3.8) is 0 Å². The second kappa shape index (κ2) is 7.14. The third-order valence-electron chi connectivity index (χ3n) is 9.83. The maximum atomic E-state index is 12.7. The van der Waals surface area contributed by atoms with Gasteiger partial charge in [0.25, 0.3) is 0 Å². The highest BCUT2D eigenvalue weighted by Gasteiger charge is 2.62. The lowest BCUT2D eigenvalue weighted by Crippen LogP contribution is -2.56. The lowest BCUT2D eigenvalue weighted by molar-refractivity contribution is -0.142. The van der Waals surface area contributed by atoms with Crippen LogP contribution in [0.3, 0.4) is 0 Å². The van der Waals surface area contributed by atoms with Crippen LogP contribution in [0, 0.1) is 28.6 Å². The lowest BCUT2D eigenvalue weighted by atomic mass is 9.45. The first kappa shape index (κ1) is 20.9. The molecular weight excluding hydrogens is 418 g/mol. The molecule has 0 radical (unpaired) electrons. The van der Waals surface area contributed by atoms with Crippen molar-refractivity contribution in [2.75, 3.05) is 7.11 Å². The van der Waals surface area contributed by atoms with Crippen LogP contribution in [0.25, 0.3) is 10.6 Å². The Morgan fingerprint density at radius 3 is 2.81 bits per heavy atom. The number of methoxy groups -OCH3 is 1. The minimum Gasteiger partial charge on any atom is -0.497 e. The van der Waals surface area contributed by atoms with Crippen LogP contribution in [0.2, 0.25) is 0 Å². The average Bonchev–Trinajstić information content (AvgIpc) is 3.34. The maximum Gasteiger partial charge on any atom is 0.139 e. The summed E-state index contributed by atoms with van der Waals surface area (Å²) in [5, 5.41) is 12.6. The molecule has 0 aliphatic heterocycles. The number of ketones is 1. The first-order chi connectivity index (χ1) is 15.3. The minimum absolute atomic E-state index is 0.0838. The summed E-state index contributed by atoms with van der Waals surface area (Å²) < 4.78 is 5.42. The van der Waals surface area contributed by atoms with Crippen LogP contribution < -0.4 is 4.74 Å². The summed E-state index contributed by atoms with van der Waals surface area (Å²) in [6.45, 7) is 4.65. The molecule has 0 saturated heterocycles. The summed E-state index contributed by atoms with van der Waals surface area (Å²) in [4.78, 5) is 19.1. The molecule has 6 rings (SSSR count). The SMILES string of the molecule is COc1cccc(-c2nc3c(s2)[C@@H]2[C@@H](O)C[C@@H]4[C@H](CC[C@]5(C)C(=O)CC[C@@H]45)[C@@]2(C)CC3)c1. The molecule has 0 spiro atoms. The van der Waals surface area contributed by atoms with E-state index in [0.717, 1.165) is 61.3 Å². The van der Waals surface area contributed by atoms with Crippen molar-refractivity contribution in [3.05, 3.63) is 34.8 Å². The number of hydrogen-bond acceptors (Lipinski definition) is 5. The fraction of sp³-hybridized carbons (Fsp3) is 0.630. The van der Waals surface area contributed by atoms with Crippen molar-refractivity contribution >= 4 is 17.1 Å². The van der Waals surface area contributed by atoms with E-state index in [2.05, 4.69) is 26.0 Å². The normalized spacial score (nSPS) is 40.2. The van der Waals surface area contributed by atoms with Gasteiger partial charge in [-0.15, -0.1) is 11.3 Å². The summed E-state index contributed by atoms with van der Waals surface area (Å²) in [7, 11) is 1.69. The van der Waals surface area contributed by atoms with Crippen molar-refractivity contribution in [1.82, 2.24) is 4.98 Å². The monoisotopic (exact) mass is 451 g/mol. The number of hydrogen-bond donors (Lipinski definition) is 1. The zero-order chi connectivity index (χ0) is 22.3. The molecule has 3 fully saturated rings. The molecule has 32 heavy (non-hydrogen) atoms. The second-order valence-corrected chi connectivity index (χ2v) is 12.2. The van der Waals surface area contributed by atoms with Crippen LogP contribution in [0.1, 0.15) is 68.9 Å². The number of aromatic nitrogens is 1. The predicted octanol–water partition coefficient (Wildman–Crippen LogP) is 5.63. The van der Waals surface area contributed by atoms with Gasteiger partial charge in [0.15, 0.2) is 0 Å². The van der Waals surface area contributed by atoms with Gasteiger partial charge in [-0.3, -0.25) is 4.79 Å². The minimum atomic E-state index is -0.350. The number of nitrogens with zero attached hydrogens (tertiary/aromatic N) is 1. The van der Waals surface area contributed by atoms with Crippen molar-refractivity contribution in [2.24, 2.45) is 28.6 Å². The lowest BCUT2D eigenvalue weighted by Gasteiger charge is -2.60. The number of thiazole rings is 1. The topological polar surface area (TPSA) is 59.4 Å². The number of Topliss-reactive ketones (excluding diaryl/α,β-unsaturated/α-hetero) is 1. The Kier molecular flexibility index (Phi) is 4.65. The van der Waals surface area contributed by atoms with Crippen molar-refractivity contribution in [2.45, 2.75) is 70.8 Å². The van der Waals surface area contributed by atoms with Crippen LogP contribution in [-0.2, 0) is 11.2 Å². The Bertz CT molecular complexity index is 1080. The van der Waals surface area contributed by atoms with Crippen molar-refractivity contribution < 1.29 is 14.6 Å². The largest absolute Gasteiger partial charge is 0.497 e. The highest BCUT2D eigenvalue weighted by atomic mass is 32.1. The van der Waals surface area contributed by atoms with E-state index in [1.54, 1.807) is 18.4 Å². The van der Waals surface area contributed by atoms with Gasteiger partial charge < -0.3 is 9.84 Å². The maximum absolute atomic E-state index is 12.7. The van der Waals surface area contributed by atoms with E-state index < -0.39 is 0 Å². The van der Waals surface area contributed by atoms with Gasteiger partial charge in [0, 0.05) is 28.2 Å². The highest BCUT2D eigenvalue weighted by molar-refractivity contribution is 7.15. The van der Waals surface area contributed by atoms with Crippen LogP contribution in [-0.4, -0.2) is 29.1 Å². The van der Waals surface area contributed by atoms with Gasteiger partial charge in [-0.25, -0.2) is 4.98 Å². The molecule has 1 aromatic heterocycles. The first-order valence-corrected chi connectivity index (χ1v) is 13.0. The van der Waals surface area contributed by atoms with E-state index in [4.69, 9.17) is 9.72 Å². The van der Waals surface area contributed by atoms with E-state index in [9.17, 15) is 9.90 Å². The highest BCUT2D eigenvalue weighted by Crippen LogP contribution is 2.67. The molecule has 1 heterocycles. The van der Waals surface area contributed by atoms with Crippen LogP contribution in [0.5, 0.6) is 5.75 Å². The fourth-order valence-electron chi connectivity index (χ4n) is 8.16. The number of rotatable bonds is 2. The molecule has 2 aromatic rings. The number of carbonyl (C=O) groups is 1. The van der Waals surface area contributed by atoms with Gasteiger partial charge in [0.1, 0.15) is 16.5 Å². The molecule has 1 aromatic carbocycles. The Morgan fingerprint density at radius 2 is 2.00 bits per heavy atom. The smallest absolute Gasteiger partial charge is 0.139 e. The summed E-state index contributed by atoms with van der Waals surface area (Å²) in [6.07, 6.45) is 6.47. The third kappa shape index (κ3) is 2.76. The van der Waals surface area contributed by atoms with E-state index in [0.29, 0.717) is 23.5 Å². The Labute approximate surface area is 194 Å². The molecular formula is C27H33NO3S. The summed E-state index contributed by atoms with van der Waals surface area (Å²) >= 11 is 1.77. The van der Waals surface area contributed by atoms with Gasteiger partial charge in [-0.05, 0) is 73.8 Å². The molecule has 5 heteroatoms. The van der Waals surface area contributed by atoms with Crippen LogP contribution in [0.4, 0.5) is 0 Å². The van der Waals surface area contributed by atoms with E-state index in [-0.39, 0.29) is 22.9 Å². The molecule has 4 aliphatic rings. The van der Waals surface area contributed by atoms with Crippen LogP contribution >= 0.6 is 11.3 Å². The van der Waals surface area contributed by atoms with Gasteiger partial charge in [-0.1, -0.05) is 26.0 Å². The zero-order valence-corrected chi connectivity index (χ0v) is 20.1. The van der Waals surface area contributed by atoms with Gasteiger partial charge in [0.05, 0.1) is 18.9 Å². The first-order valence-electron chi connectivity index (χ1n) is 12.2. The Hall–Kier alpha value is -1.72. The molecule has 4 aliphatic carbocycles. The number of ether oxygens (including phenoxy) is 1. The number of aliphatic hydroxyl groups is 1. The quantitative estimate of drug-likeness (QED) is 0.643. The van der Waals surface area contributed by atoms with E-state index in [1.165, 1.54) is 10.6 Å². The number of carbonyl (C=O) groups excluding carboxylic acids is 1. The molecule has 4 nitrogen and oxygen atoms in total. The summed E-state index contributed by atoms with van der Waals surface area (Å²) in [5.74, 6) is 3.00. The number of aliphatic hydroxyl groups excluding tert-OH is 1. The average molecular weight is 452 g/mol. The third-order valence-corrected chi connectivity index (χ3v) is 11.1. The second-order valence-electron chi connectivity index (χ2n) is 11.1. The van der Waals surface area contributed by atoms with Gasteiger partial charge >= 0.3 is 0 Å². The zero-order valence-electron chi connectivity index (χ0n) is 19.3. The molecule has 1 N–H and O–H groups in total. The standard InChI is InChI=1S/C27H33NO3S/c1-26-11-9-19-17(18(26)7-8-22(26)30)14-21(29)23-24-20(10-12-27(19,23)2)28-25(32-24)15-5-4-6-16(13-15)31-3/h4-6,13,17-19,21,23,29H,7-12,14H2,1-3H3/t17-,18-,19-,21-,23-,26-,27+/m0/s1. The predicted molar refractivity (Wildman–Crippen MR) is 126 cm³/mol. The summed E-state index contributed by atoms with van der Waals surface area (Å²) in [6, 6.07) is 8.12. The molecule has 0 bridgehead atoms. The fourth-order valence-corrected chi connectivity index (χ4v) is 9.59. The Morgan fingerprint density at radius 1 is 1.16 bits per heavy atom. The van der Waals surface area contributed by atoms with E-state index in [1.807, 2.05) is 12.1 Å². The van der Waals surface area contributed by atoms with Gasteiger partial charge in [-0.2, -0.15) is 0 Å². The summed E-state index contributed by atoms with van der Waals surface area (Å²) in [5.41, 5.74) is 2.21. The van der Waals surface area contributed by atoms with Crippen molar-refractivity contribution in [1.29, 1.82) is 0 Å². The van der Waals surface area contributed by atoms with Gasteiger partial charge in [0.2, 0.25) is 0 Å². The molecule has 3 saturated carbocycles. The molecule has 0 amide bonds.